The van der Waals surface area contributed by atoms with Gasteiger partial charge in [0.15, 0.2) is 0 Å². The lowest BCUT2D eigenvalue weighted by molar-refractivity contribution is 0.156. The molecule has 1 aromatic carbocycles. The number of benzene rings is 1. The molecule has 0 spiro atoms. The average molecular weight is 339 g/mol. The highest BCUT2D eigenvalue weighted by atomic mass is 32.1. The second kappa shape index (κ2) is 7.70. The summed E-state index contributed by atoms with van der Waals surface area (Å²) in [5, 5.41) is 2.71. The third-order valence-corrected chi connectivity index (χ3v) is 4.16. The van der Waals surface area contributed by atoms with Crippen molar-refractivity contribution in [3.8, 4) is 0 Å². The zero-order valence-corrected chi connectivity index (χ0v) is 14.0. The predicted molar refractivity (Wildman–Crippen MR) is 94.1 cm³/mol. The number of thiazole rings is 1. The van der Waals surface area contributed by atoms with Crippen LogP contribution < -0.4 is 5.32 Å². The first-order valence-electron chi connectivity index (χ1n) is 7.51. The number of pyridine rings is 1. The van der Waals surface area contributed by atoms with E-state index in [2.05, 4.69) is 21.4 Å². The van der Waals surface area contributed by atoms with Crippen LogP contribution in [0.15, 0.2) is 54.3 Å². The molecule has 1 amide bonds. The molecule has 122 valence electrons. The minimum atomic E-state index is -0.473. The minimum Gasteiger partial charge on any atom is -0.444 e. The van der Waals surface area contributed by atoms with Crippen LogP contribution in [0.3, 0.4) is 0 Å². The highest BCUT2D eigenvalue weighted by Crippen LogP contribution is 2.14. The molecule has 0 bridgehead atoms. The van der Waals surface area contributed by atoms with Crippen molar-refractivity contribution in [2.75, 3.05) is 5.32 Å². The number of hydrogen-bond donors (Lipinski definition) is 1. The molecule has 0 aliphatic carbocycles. The maximum atomic E-state index is 11.8. The summed E-state index contributed by atoms with van der Waals surface area (Å²) in [7, 11) is 0. The molecule has 24 heavy (non-hydrogen) atoms. The van der Waals surface area contributed by atoms with E-state index in [-0.39, 0.29) is 6.61 Å². The number of rotatable bonds is 5. The Bertz CT molecular complexity index is 784. The van der Waals surface area contributed by atoms with E-state index in [4.69, 9.17) is 4.74 Å². The monoisotopic (exact) mass is 339 g/mol. The maximum Gasteiger partial charge on any atom is 0.411 e. The summed E-state index contributed by atoms with van der Waals surface area (Å²) in [6.45, 7) is 2.20. The van der Waals surface area contributed by atoms with Crippen molar-refractivity contribution in [3.05, 3.63) is 76.0 Å². The SMILES string of the molecule is Cc1ccc(Cc2ccc(NC(=O)OCc3cncs3)cc2)cn1. The first kappa shape index (κ1) is 16.1. The quantitative estimate of drug-likeness (QED) is 0.757. The molecular weight excluding hydrogens is 322 g/mol. The number of hydrogen-bond acceptors (Lipinski definition) is 5. The summed E-state index contributed by atoms with van der Waals surface area (Å²) in [4.78, 5) is 20.9. The average Bonchev–Trinajstić information content (AvgIpc) is 3.10. The van der Waals surface area contributed by atoms with Gasteiger partial charge in [-0.1, -0.05) is 18.2 Å². The third kappa shape index (κ3) is 4.63. The van der Waals surface area contributed by atoms with Gasteiger partial charge in [0.05, 0.1) is 10.4 Å². The van der Waals surface area contributed by atoms with Crippen molar-refractivity contribution < 1.29 is 9.53 Å². The van der Waals surface area contributed by atoms with E-state index >= 15 is 0 Å². The third-order valence-electron chi connectivity index (χ3n) is 3.41. The van der Waals surface area contributed by atoms with Crippen molar-refractivity contribution in [1.82, 2.24) is 9.97 Å². The fourth-order valence-corrected chi connectivity index (χ4v) is 2.65. The van der Waals surface area contributed by atoms with Crippen LogP contribution in [0.1, 0.15) is 21.7 Å². The Kier molecular flexibility index (Phi) is 5.18. The Morgan fingerprint density at radius 2 is 1.92 bits per heavy atom. The molecule has 0 radical (unpaired) electrons. The molecule has 0 saturated carbocycles. The van der Waals surface area contributed by atoms with Crippen LogP contribution >= 0.6 is 11.3 Å². The molecule has 0 aliphatic heterocycles. The second-order valence-electron chi connectivity index (χ2n) is 5.35. The first-order valence-corrected chi connectivity index (χ1v) is 8.38. The van der Waals surface area contributed by atoms with Gasteiger partial charge in [0.25, 0.3) is 0 Å². The van der Waals surface area contributed by atoms with E-state index in [1.165, 1.54) is 11.3 Å². The Balaban J connectivity index is 1.52. The van der Waals surface area contributed by atoms with Gasteiger partial charge in [0, 0.05) is 23.8 Å². The van der Waals surface area contributed by atoms with Gasteiger partial charge >= 0.3 is 6.09 Å². The summed E-state index contributed by atoms with van der Waals surface area (Å²) in [6, 6.07) is 11.8. The van der Waals surface area contributed by atoms with Crippen molar-refractivity contribution in [2.45, 2.75) is 20.0 Å². The van der Waals surface area contributed by atoms with E-state index in [1.807, 2.05) is 43.5 Å². The number of carbonyl (C=O) groups excluding carboxylic acids is 1. The Morgan fingerprint density at radius 3 is 2.58 bits per heavy atom. The van der Waals surface area contributed by atoms with Gasteiger partial charge in [-0.25, -0.2) is 4.79 Å². The number of aromatic nitrogens is 2. The molecule has 0 aliphatic rings. The van der Waals surface area contributed by atoms with Crippen LogP contribution in [0, 0.1) is 6.92 Å². The Labute approximate surface area is 144 Å². The zero-order valence-electron chi connectivity index (χ0n) is 13.2. The summed E-state index contributed by atoms with van der Waals surface area (Å²) < 4.78 is 5.14. The largest absolute Gasteiger partial charge is 0.444 e. The molecule has 3 rings (SSSR count). The van der Waals surface area contributed by atoms with Crippen LogP contribution in [0.5, 0.6) is 0 Å². The van der Waals surface area contributed by atoms with E-state index < -0.39 is 6.09 Å². The topological polar surface area (TPSA) is 64.1 Å². The van der Waals surface area contributed by atoms with E-state index in [0.717, 1.165) is 28.1 Å². The second-order valence-corrected chi connectivity index (χ2v) is 6.32. The van der Waals surface area contributed by atoms with Crippen LogP contribution in [0.4, 0.5) is 10.5 Å². The number of amides is 1. The van der Waals surface area contributed by atoms with Crippen molar-refractivity contribution in [3.63, 3.8) is 0 Å². The molecule has 0 atom stereocenters. The number of nitrogens with one attached hydrogen (secondary N) is 1. The Morgan fingerprint density at radius 1 is 1.12 bits per heavy atom. The fraction of sp³-hybridized carbons (Fsp3) is 0.167. The van der Waals surface area contributed by atoms with E-state index in [9.17, 15) is 4.79 Å². The smallest absolute Gasteiger partial charge is 0.411 e. The summed E-state index contributed by atoms with van der Waals surface area (Å²) >= 11 is 1.45. The van der Waals surface area contributed by atoms with Crippen molar-refractivity contribution >= 4 is 23.1 Å². The van der Waals surface area contributed by atoms with Gasteiger partial charge in [0.2, 0.25) is 0 Å². The maximum absolute atomic E-state index is 11.8. The van der Waals surface area contributed by atoms with Gasteiger partial charge in [-0.3, -0.25) is 15.3 Å². The standard InChI is InChI=1S/C18H17N3O2S/c1-13-2-3-15(9-20-13)8-14-4-6-16(7-5-14)21-18(22)23-11-17-10-19-12-24-17/h2-7,9-10,12H,8,11H2,1H3,(H,21,22). The highest BCUT2D eigenvalue weighted by molar-refractivity contribution is 7.09. The number of aryl methyl sites for hydroxylation is 1. The van der Waals surface area contributed by atoms with Crippen LogP contribution in [-0.2, 0) is 17.8 Å². The van der Waals surface area contributed by atoms with E-state index in [1.54, 1.807) is 11.7 Å². The van der Waals surface area contributed by atoms with Crippen molar-refractivity contribution in [1.29, 1.82) is 0 Å². The zero-order chi connectivity index (χ0) is 16.8. The normalized spacial score (nSPS) is 10.4. The summed E-state index contributed by atoms with van der Waals surface area (Å²) in [5.74, 6) is 0. The molecule has 1 N–H and O–H groups in total. The Hall–Kier alpha value is -2.73. The first-order chi connectivity index (χ1) is 11.7. The molecule has 0 saturated heterocycles. The van der Waals surface area contributed by atoms with Gasteiger partial charge in [-0.15, -0.1) is 11.3 Å². The lowest BCUT2D eigenvalue weighted by atomic mass is 10.1. The summed E-state index contributed by atoms with van der Waals surface area (Å²) in [5.41, 5.74) is 5.73. The van der Waals surface area contributed by atoms with Crippen LogP contribution in [-0.4, -0.2) is 16.1 Å². The number of carbonyl (C=O) groups is 1. The molecule has 2 heterocycles. The molecule has 0 fully saturated rings. The van der Waals surface area contributed by atoms with Crippen molar-refractivity contribution in [2.24, 2.45) is 0 Å². The number of ether oxygens (including phenoxy) is 1. The number of anilines is 1. The predicted octanol–water partition coefficient (Wildman–Crippen LogP) is 4.19. The molecule has 6 heteroatoms. The molecule has 0 unspecified atom stereocenters. The lowest BCUT2D eigenvalue weighted by Crippen LogP contribution is -2.13. The van der Waals surface area contributed by atoms with Gasteiger partial charge in [-0.05, 0) is 42.7 Å². The van der Waals surface area contributed by atoms with Gasteiger partial charge < -0.3 is 4.74 Å². The molecule has 5 nitrogen and oxygen atoms in total. The molecule has 3 aromatic rings. The van der Waals surface area contributed by atoms with Crippen LogP contribution in [0.2, 0.25) is 0 Å². The fourth-order valence-electron chi connectivity index (χ4n) is 2.15. The van der Waals surface area contributed by atoms with Gasteiger partial charge in [-0.2, -0.15) is 0 Å². The lowest BCUT2D eigenvalue weighted by Gasteiger charge is -2.07. The highest BCUT2D eigenvalue weighted by Gasteiger charge is 2.05. The van der Waals surface area contributed by atoms with Gasteiger partial charge in [0.1, 0.15) is 6.61 Å². The minimum absolute atomic E-state index is 0.231. The number of nitrogens with zero attached hydrogens (tertiary/aromatic N) is 2. The molecular formula is C18H17N3O2S. The summed E-state index contributed by atoms with van der Waals surface area (Å²) in [6.07, 6.45) is 3.91. The molecule has 2 aromatic heterocycles. The van der Waals surface area contributed by atoms with E-state index in [0.29, 0.717) is 5.69 Å². The van der Waals surface area contributed by atoms with Crippen LogP contribution in [0.25, 0.3) is 0 Å².